The van der Waals surface area contributed by atoms with Gasteiger partial charge in [0, 0.05) is 6.54 Å². The molecule has 0 aliphatic rings. The molecule has 0 aliphatic heterocycles. The molecule has 1 N–H and O–H groups in total. The van der Waals surface area contributed by atoms with Crippen molar-refractivity contribution in [3.05, 3.63) is 53.0 Å². The van der Waals surface area contributed by atoms with E-state index in [1.54, 1.807) is 12.1 Å². The molecule has 1 aromatic heterocycles. The van der Waals surface area contributed by atoms with Crippen LogP contribution in [0.3, 0.4) is 0 Å². The Bertz CT molecular complexity index is 673. The summed E-state index contributed by atoms with van der Waals surface area (Å²) in [6.45, 7) is 9.40. The van der Waals surface area contributed by atoms with Gasteiger partial charge >= 0.3 is 0 Å². The third-order valence-electron chi connectivity index (χ3n) is 3.86. The van der Waals surface area contributed by atoms with Crippen LogP contribution in [0, 0.1) is 6.92 Å². The van der Waals surface area contributed by atoms with E-state index in [0.29, 0.717) is 30.6 Å². The van der Waals surface area contributed by atoms with Crippen LogP contribution in [-0.2, 0) is 6.61 Å². The summed E-state index contributed by atoms with van der Waals surface area (Å²) in [5, 5.41) is 2.85. The van der Waals surface area contributed by atoms with E-state index >= 15 is 0 Å². The van der Waals surface area contributed by atoms with Gasteiger partial charge in [0.05, 0.1) is 0 Å². The van der Waals surface area contributed by atoms with Crippen LogP contribution in [0.5, 0.6) is 5.75 Å². The fourth-order valence-electron chi connectivity index (χ4n) is 2.44. The lowest BCUT2D eigenvalue weighted by Crippen LogP contribution is -2.23. The molecule has 2 aromatic rings. The van der Waals surface area contributed by atoms with Crippen molar-refractivity contribution in [2.45, 2.75) is 53.1 Å². The lowest BCUT2D eigenvalue weighted by molar-refractivity contribution is 0.0921. The van der Waals surface area contributed by atoms with Crippen LogP contribution in [0.2, 0.25) is 0 Å². The number of carbonyl (C=O) groups excluding carboxylic acids is 1. The topological polar surface area (TPSA) is 51.5 Å². The first kappa shape index (κ1) is 18.1. The quantitative estimate of drug-likeness (QED) is 0.706. The molecule has 24 heavy (non-hydrogen) atoms. The van der Waals surface area contributed by atoms with Gasteiger partial charge in [-0.25, -0.2) is 0 Å². The fraction of sp³-hybridized carbons (Fsp3) is 0.450. The molecule has 0 fully saturated rings. The lowest BCUT2D eigenvalue weighted by atomic mass is 10.0. The summed E-state index contributed by atoms with van der Waals surface area (Å²) in [6, 6.07) is 9.72. The van der Waals surface area contributed by atoms with Gasteiger partial charge < -0.3 is 14.5 Å². The monoisotopic (exact) mass is 329 g/mol. The minimum atomic E-state index is -0.173. The number of hydrogen-bond donors (Lipinski definition) is 1. The van der Waals surface area contributed by atoms with E-state index in [-0.39, 0.29) is 5.91 Å². The third kappa shape index (κ3) is 4.88. The van der Waals surface area contributed by atoms with Crippen LogP contribution in [-0.4, -0.2) is 12.5 Å². The number of amides is 1. The molecule has 0 saturated heterocycles. The van der Waals surface area contributed by atoms with Crippen LogP contribution in [0.15, 0.2) is 34.7 Å². The highest BCUT2D eigenvalue weighted by Crippen LogP contribution is 2.28. The maximum atomic E-state index is 11.9. The van der Waals surface area contributed by atoms with Gasteiger partial charge in [0.1, 0.15) is 18.1 Å². The molecule has 1 aromatic carbocycles. The molecular formula is C20H27NO3. The van der Waals surface area contributed by atoms with Crippen molar-refractivity contribution in [2.24, 2.45) is 0 Å². The maximum Gasteiger partial charge on any atom is 0.286 e. The van der Waals surface area contributed by atoms with Crippen molar-refractivity contribution in [1.82, 2.24) is 5.32 Å². The zero-order chi connectivity index (χ0) is 17.5. The van der Waals surface area contributed by atoms with Gasteiger partial charge in [-0.2, -0.15) is 0 Å². The Morgan fingerprint density at radius 3 is 2.75 bits per heavy atom. The Balaban J connectivity index is 1.98. The smallest absolute Gasteiger partial charge is 0.286 e. The number of hydrogen-bond acceptors (Lipinski definition) is 3. The van der Waals surface area contributed by atoms with Crippen molar-refractivity contribution < 1.29 is 13.9 Å². The van der Waals surface area contributed by atoms with Crippen molar-refractivity contribution in [1.29, 1.82) is 0 Å². The molecule has 0 unspecified atom stereocenters. The highest BCUT2D eigenvalue weighted by Gasteiger charge is 2.12. The SMILES string of the molecule is CCCCNC(=O)c1ccc(COc2cc(C)ccc2C(C)C)o1. The molecule has 4 heteroatoms. The summed E-state index contributed by atoms with van der Waals surface area (Å²) in [7, 11) is 0. The van der Waals surface area contributed by atoms with Gasteiger partial charge in [0.25, 0.3) is 5.91 Å². The zero-order valence-corrected chi connectivity index (χ0v) is 15.0. The van der Waals surface area contributed by atoms with Crippen LogP contribution < -0.4 is 10.1 Å². The second-order valence-corrected chi connectivity index (χ2v) is 6.36. The molecular weight excluding hydrogens is 302 g/mol. The highest BCUT2D eigenvalue weighted by atomic mass is 16.5. The van der Waals surface area contributed by atoms with E-state index < -0.39 is 0 Å². The summed E-state index contributed by atoms with van der Waals surface area (Å²) >= 11 is 0. The summed E-state index contributed by atoms with van der Waals surface area (Å²) in [5.41, 5.74) is 2.33. The Morgan fingerprint density at radius 2 is 2.04 bits per heavy atom. The van der Waals surface area contributed by atoms with E-state index in [4.69, 9.17) is 9.15 Å². The van der Waals surface area contributed by atoms with E-state index in [1.165, 1.54) is 5.56 Å². The minimum absolute atomic E-state index is 0.173. The van der Waals surface area contributed by atoms with Gasteiger partial charge in [-0.05, 0) is 48.6 Å². The molecule has 4 nitrogen and oxygen atoms in total. The summed E-state index contributed by atoms with van der Waals surface area (Å²) in [4.78, 5) is 11.9. The molecule has 130 valence electrons. The first-order valence-electron chi connectivity index (χ1n) is 8.61. The van der Waals surface area contributed by atoms with Gasteiger partial charge in [0.2, 0.25) is 0 Å². The van der Waals surface area contributed by atoms with Gasteiger partial charge in [-0.15, -0.1) is 0 Å². The molecule has 0 radical (unpaired) electrons. The van der Waals surface area contributed by atoms with Crippen LogP contribution in [0.4, 0.5) is 0 Å². The number of unbranched alkanes of at least 4 members (excludes halogenated alkanes) is 1. The Kier molecular flexibility index (Phi) is 6.47. The van der Waals surface area contributed by atoms with Gasteiger partial charge in [-0.3, -0.25) is 4.79 Å². The molecule has 0 bridgehead atoms. The fourth-order valence-corrected chi connectivity index (χ4v) is 2.44. The summed E-state index contributed by atoms with van der Waals surface area (Å²) in [6.07, 6.45) is 2.01. The zero-order valence-electron chi connectivity index (χ0n) is 15.0. The molecule has 0 saturated carbocycles. The first-order chi connectivity index (χ1) is 11.5. The van der Waals surface area contributed by atoms with Crippen LogP contribution in [0.1, 0.15) is 67.0 Å². The molecule has 0 spiro atoms. The summed E-state index contributed by atoms with van der Waals surface area (Å²) < 4.78 is 11.5. The maximum absolute atomic E-state index is 11.9. The third-order valence-corrected chi connectivity index (χ3v) is 3.86. The Hall–Kier alpha value is -2.23. The van der Waals surface area contributed by atoms with Crippen LogP contribution >= 0.6 is 0 Å². The molecule has 0 aliphatic carbocycles. The number of aryl methyl sites for hydroxylation is 1. The van der Waals surface area contributed by atoms with E-state index in [9.17, 15) is 4.79 Å². The Labute approximate surface area is 144 Å². The first-order valence-corrected chi connectivity index (χ1v) is 8.61. The molecule has 1 amide bonds. The van der Waals surface area contributed by atoms with Crippen molar-refractivity contribution >= 4 is 5.91 Å². The van der Waals surface area contributed by atoms with Crippen molar-refractivity contribution in [3.8, 4) is 5.75 Å². The number of benzene rings is 1. The van der Waals surface area contributed by atoms with E-state index in [2.05, 4.69) is 38.2 Å². The number of nitrogens with one attached hydrogen (secondary N) is 1. The predicted molar refractivity (Wildman–Crippen MR) is 95.5 cm³/mol. The number of rotatable bonds is 8. The predicted octanol–water partition coefficient (Wildman–Crippen LogP) is 4.82. The highest BCUT2D eigenvalue weighted by molar-refractivity contribution is 5.91. The lowest BCUT2D eigenvalue weighted by Gasteiger charge is -2.14. The largest absolute Gasteiger partial charge is 0.485 e. The van der Waals surface area contributed by atoms with Crippen LogP contribution in [0.25, 0.3) is 0 Å². The molecule has 2 rings (SSSR count). The normalized spacial score (nSPS) is 10.9. The van der Waals surface area contributed by atoms with E-state index in [1.807, 2.05) is 13.0 Å². The average molecular weight is 329 g/mol. The van der Waals surface area contributed by atoms with Crippen molar-refractivity contribution in [2.75, 3.05) is 6.54 Å². The number of ether oxygens (including phenoxy) is 1. The summed E-state index contributed by atoms with van der Waals surface area (Å²) in [5.74, 6) is 2.06. The van der Waals surface area contributed by atoms with Gasteiger partial charge in [-0.1, -0.05) is 39.3 Å². The standard InChI is InChI=1S/C20H27NO3/c1-5-6-11-21-20(22)18-10-8-16(24-18)13-23-19-12-15(4)7-9-17(19)14(2)3/h7-10,12,14H,5-6,11,13H2,1-4H3,(H,21,22). The number of carbonyl (C=O) groups is 1. The second kappa shape index (κ2) is 8.57. The minimum Gasteiger partial charge on any atom is -0.485 e. The molecule has 0 atom stereocenters. The Morgan fingerprint density at radius 1 is 1.25 bits per heavy atom. The average Bonchev–Trinajstić information content (AvgIpc) is 3.02. The number of furan rings is 1. The van der Waals surface area contributed by atoms with Crippen molar-refractivity contribution in [3.63, 3.8) is 0 Å². The van der Waals surface area contributed by atoms with E-state index in [0.717, 1.165) is 24.2 Å². The second-order valence-electron chi connectivity index (χ2n) is 6.36. The molecule has 1 heterocycles. The van der Waals surface area contributed by atoms with Gasteiger partial charge in [0.15, 0.2) is 5.76 Å².